The molecule has 5 rings (SSSR count). The molecule has 0 unspecified atom stereocenters. The smallest absolute Gasteiger partial charge is 0.173 e. The van der Waals surface area contributed by atoms with Gasteiger partial charge in [0.2, 0.25) is 0 Å². The molecule has 2 fully saturated rings. The molecule has 2 aromatic carbocycles. The molecular weight excluding hydrogens is 379 g/mol. The van der Waals surface area contributed by atoms with Crippen molar-refractivity contribution in [1.29, 1.82) is 0 Å². The molecule has 4 heteroatoms. The molecule has 0 amide bonds. The van der Waals surface area contributed by atoms with E-state index in [4.69, 9.17) is 4.74 Å². The van der Waals surface area contributed by atoms with Gasteiger partial charge in [0.25, 0.3) is 0 Å². The second kappa shape index (κ2) is 7.05. The lowest BCUT2D eigenvalue weighted by atomic mass is 9.72. The lowest BCUT2D eigenvalue weighted by Crippen LogP contribution is -2.33. The first-order valence-electron chi connectivity index (χ1n) is 11.0. The van der Waals surface area contributed by atoms with Gasteiger partial charge in [-0.1, -0.05) is 43.7 Å². The number of carbonyl (C=O) groups excluding carboxylic acids is 1. The Bertz CT molecular complexity index is 1030. The summed E-state index contributed by atoms with van der Waals surface area (Å²) in [5.41, 5.74) is 5.86. The van der Waals surface area contributed by atoms with Crippen LogP contribution in [0.1, 0.15) is 54.0 Å². The number of aliphatic hydroxyl groups is 1. The van der Waals surface area contributed by atoms with Crippen molar-refractivity contribution in [3.63, 3.8) is 0 Å². The van der Waals surface area contributed by atoms with E-state index in [0.29, 0.717) is 5.57 Å². The average Bonchev–Trinajstić information content (AvgIpc) is 3.40. The summed E-state index contributed by atoms with van der Waals surface area (Å²) < 4.78 is 19.6. The van der Waals surface area contributed by atoms with E-state index < -0.39 is 0 Å². The molecule has 3 aliphatic rings. The van der Waals surface area contributed by atoms with Gasteiger partial charge in [-0.15, -0.1) is 0 Å². The Morgan fingerprint density at radius 1 is 1.07 bits per heavy atom. The van der Waals surface area contributed by atoms with E-state index in [1.807, 2.05) is 0 Å². The van der Waals surface area contributed by atoms with Gasteiger partial charge in [0.05, 0.1) is 29.6 Å². The van der Waals surface area contributed by atoms with Crippen molar-refractivity contribution in [2.24, 2.45) is 11.8 Å². The summed E-state index contributed by atoms with van der Waals surface area (Å²) >= 11 is 0. The lowest BCUT2D eigenvalue weighted by Gasteiger charge is -2.27. The predicted octanol–water partition coefficient (Wildman–Crippen LogP) is 5.30. The van der Waals surface area contributed by atoms with Crippen molar-refractivity contribution in [3.8, 4) is 0 Å². The van der Waals surface area contributed by atoms with Crippen molar-refractivity contribution in [2.75, 3.05) is 0 Å². The minimum absolute atomic E-state index is 0.0239. The zero-order valence-corrected chi connectivity index (χ0v) is 17.6. The van der Waals surface area contributed by atoms with Gasteiger partial charge in [-0.05, 0) is 60.6 Å². The third kappa shape index (κ3) is 2.70. The van der Waals surface area contributed by atoms with Crippen molar-refractivity contribution >= 4 is 11.4 Å². The summed E-state index contributed by atoms with van der Waals surface area (Å²) in [6, 6.07) is 10.8. The third-order valence-corrected chi connectivity index (χ3v) is 7.23. The van der Waals surface area contributed by atoms with Crippen LogP contribution in [0.25, 0.3) is 5.57 Å². The number of halogens is 1. The van der Waals surface area contributed by atoms with Crippen LogP contribution >= 0.6 is 0 Å². The summed E-state index contributed by atoms with van der Waals surface area (Å²) in [6.45, 7) is 6.25. The highest BCUT2D eigenvalue weighted by Gasteiger charge is 2.62. The number of Topliss-reactive ketones (excluding diaryl/α,β-unsaturated/α-hetero) is 1. The van der Waals surface area contributed by atoms with Crippen LogP contribution in [0.15, 0.2) is 42.2 Å². The second-order valence-electron chi connectivity index (χ2n) is 8.87. The molecule has 2 aliphatic heterocycles. The van der Waals surface area contributed by atoms with Crippen LogP contribution in [0.3, 0.4) is 0 Å². The number of ether oxygens (including phenoxy) is 1. The maximum Gasteiger partial charge on any atom is 0.173 e. The second-order valence-corrected chi connectivity index (χ2v) is 8.87. The van der Waals surface area contributed by atoms with E-state index in [1.54, 1.807) is 12.1 Å². The molecule has 2 heterocycles. The van der Waals surface area contributed by atoms with Crippen molar-refractivity contribution in [1.82, 2.24) is 0 Å². The molecule has 1 N–H and O–H groups in total. The maximum absolute atomic E-state index is 13.5. The summed E-state index contributed by atoms with van der Waals surface area (Å²) in [5.74, 6) is -0.594. The largest absolute Gasteiger partial charge is 0.511 e. The van der Waals surface area contributed by atoms with Crippen LogP contribution in [0.5, 0.6) is 0 Å². The Labute approximate surface area is 176 Å². The van der Waals surface area contributed by atoms with Crippen molar-refractivity contribution in [2.45, 2.75) is 58.2 Å². The Kier molecular flexibility index (Phi) is 4.59. The molecule has 156 valence electrons. The van der Waals surface area contributed by atoms with Crippen LogP contribution < -0.4 is 0 Å². The van der Waals surface area contributed by atoms with Gasteiger partial charge in [0.15, 0.2) is 5.78 Å². The number of rotatable bonds is 4. The zero-order chi connectivity index (χ0) is 21.2. The average molecular weight is 406 g/mol. The third-order valence-electron chi connectivity index (χ3n) is 7.23. The van der Waals surface area contributed by atoms with Crippen LogP contribution in [0, 0.1) is 24.6 Å². The van der Waals surface area contributed by atoms with Crippen LogP contribution in [-0.2, 0) is 22.4 Å². The molecule has 30 heavy (non-hydrogen) atoms. The predicted molar refractivity (Wildman–Crippen MR) is 114 cm³/mol. The maximum atomic E-state index is 13.5. The van der Waals surface area contributed by atoms with E-state index in [-0.39, 0.29) is 47.3 Å². The first kappa shape index (κ1) is 19.5. The van der Waals surface area contributed by atoms with Gasteiger partial charge in [-0.3, -0.25) is 4.79 Å². The molecule has 5 atom stereocenters. The van der Waals surface area contributed by atoms with Crippen molar-refractivity contribution in [3.05, 3.63) is 75.8 Å². The van der Waals surface area contributed by atoms with Crippen LogP contribution in [-0.4, -0.2) is 23.1 Å². The minimum Gasteiger partial charge on any atom is -0.511 e. The van der Waals surface area contributed by atoms with E-state index in [0.717, 1.165) is 41.5 Å². The van der Waals surface area contributed by atoms with Gasteiger partial charge in [0.1, 0.15) is 11.6 Å². The number of aryl methyl sites for hydroxylation is 3. The number of benzene rings is 2. The molecule has 0 aromatic heterocycles. The Morgan fingerprint density at radius 3 is 2.30 bits per heavy atom. The Morgan fingerprint density at radius 2 is 1.70 bits per heavy atom. The molecule has 3 nitrogen and oxygen atoms in total. The fraction of sp³-hybridized carbons (Fsp3) is 0.423. The fourth-order valence-electron chi connectivity index (χ4n) is 5.96. The number of ketones is 1. The summed E-state index contributed by atoms with van der Waals surface area (Å²) in [6.07, 6.45) is 1.92. The van der Waals surface area contributed by atoms with Crippen LogP contribution in [0.2, 0.25) is 0 Å². The van der Waals surface area contributed by atoms with E-state index in [2.05, 4.69) is 32.9 Å². The van der Waals surface area contributed by atoms with E-state index in [1.165, 1.54) is 17.7 Å². The first-order valence-corrected chi connectivity index (χ1v) is 11.0. The molecule has 1 aliphatic carbocycles. The summed E-state index contributed by atoms with van der Waals surface area (Å²) in [5, 5.41) is 11.3. The van der Waals surface area contributed by atoms with Gasteiger partial charge in [0, 0.05) is 5.92 Å². The molecule has 0 spiro atoms. The van der Waals surface area contributed by atoms with Gasteiger partial charge in [-0.25, -0.2) is 4.39 Å². The van der Waals surface area contributed by atoms with Gasteiger partial charge in [-0.2, -0.15) is 0 Å². The number of aliphatic hydroxyl groups excluding tert-OH is 1. The normalized spacial score (nSPS) is 29.7. The SMILES string of the molecule is CCc1cc(C)cc(CC)c1C1=C(O)[C@@H]2[C@@H]3O[C@@H](C[C@H]3c3ccc(F)cc3)[C@@H]2C1=O. The highest BCUT2D eigenvalue weighted by Crippen LogP contribution is 2.58. The highest BCUT2D eigenvalue weighted by atomic mass is 19.1. The topological polar surface area (TPSA) is 46.5 Å². The molecular formula is C26H27FO3. The standard InChI is InChI=1S/C26H27FO3/c1-4-14-10-13(3)11-15(5-2)20(14)22-24(28)21-19-12-18(16-6-8-17(27)9-7-16)26(30-19)23(21)25(22)29/h6-11,18-19,21,23,26,29H,4-5,12H2,1-3H3/t18-,19-,21-,23+,26+/m0/s1. The Balaban J connectivity index is 1.59. The monoisotopic (exact) mass is 406 g/mol. The number of allylic oxidation sites excluding steroid dienone is 1. The number of carbonyl (C=O) groups is 1. The summed E-state index contributed by atoms with van der Waals surface area (Å²) in [7, 11) is 0. The number of fused-ring (bicyclic) bond motifs is 5. The quantitative estimate of drug-likeness (QED) is 0.750. The highest BCUT2D eigenvalue weighted by molar-refractivity contribution is 6.26. The van der Waals surface area contributed by atoms with Gasteiger partial charge < -0.3 is 9.84 Å². The molecule has 2 aromatic rings. The van der Waals surface area contributed by atoms with Crippen molar-refractivity contribution < 1.29 is 19.0 Å². The molecule has 2 bridgehead atoms. The summed E-state index contributed by atoms with van der Waals surface area (Å²) in [4.78, 5) is 13.5. The number of hydrogen-bond donors (Lipinski definition) is 1. The number of hydrogen-bond acceptors (Lipinski definition) is 3. The molecule has 0 radical (unpaired) electrons. The van der Waals surface area contributed by atoms with E-state index >= 15 is 0 Å². The minimum atomic E-state index is -0.308. The van der Waals surface area contributed by atoms with Crippen LogP contribution in [0.4, 0.5) is 4.39 Å². The Hall–Kier alpha value is -2.46. The molecule has 2 saturated heterocycles. The first-order chi connectivity index (χ1) is 14.4. The zero-order valence-electron chi connectivity index (χ0n) is 17.6. The van der Waals surface area contributed by atoms with Gasteiger partial charge >= 0.3 is 0 Å². The fourth-order valence-corrected chi connectivity index (χ4v) is 5.96. The van der Waals surface area contributed by atoms with E-state index in [9.17, 15) is 14.3 Å². The molecule has 0 saturated carbocycles. The lowest BCUT2D eigenvalue weighted by molar-refractivity contribution is -0.118.